The number of aliphatic imine (C=N–C) groups is 1. The second kappa shape index (κ2) is 9.19. The van der Waals surface area contributed by atoms with Gasteiger partial charge in [-0.25, -0.2) is 0 Å². The standard InChI is InChI=1S/C20H15Cl4N3OS/c21-12-6-4-11(5-7-12)19-18(24)16(28-27-19)10-15(26-20-25-8-9-29-20)13-2-1-3-14(22)17(13)23/h1-7,15H,8-10H2,(H,25,26). The number of hydrogen-bond donors (Lipinski definition) is 1. The SMILES string of the molecule is Clc1ccc(-c2noc(CC(NC3=NCCS3)c3cccc(Cl)c3Cl)c2Cl)cc1. The molecule has 0 bridgehead atoms. The lowest BCUT2D eigenvalue weighted by molar-refractivity contribution is 0.373. The first-order valence-corrected chi connectivity index (χ1v) is 11.3. The number of hydrogen-bond acceptors (Lipinski definition) is 5. The molecule has 4 nitrogen and oxygen atoms in total. The van der Waals surface area contributed by atoms with Crippen LogP contribution in [0.4, 0.5) is 0 Å². The van der Waals surface area contributed by atoms with E-state index in [1.165, 1.54) is 0 Å². The first-order valence-electron chi connectivity index (χ1n) is 8.80. The second-order valence-electron chi connectivity index (χ2n) is 6.35. The van der Waals surface area contributed by atoms with Crippen LogP contribution in [0.15, 0.2) is 52.0 Å². The van der Waals surface area contributed by atoms with Gasteiger partial charge in [0.15, 0.2) is 10.9 Å². The largest absolute Gasteiger partial charge is 0.359 e. The lowest BCUT2D eigenvalue weighted by Crippen LogP contribution is -2.27. The zero-order valence-electron chi connectivity index (χ0n) is 15.0. The Labute approximate surface area is 192 Å². The van der Waals surface area contributed by atoms with Crippen LogP contribution in [-0.2, 0) is 6.42 Å². The summed E-state index contributed by atoms with van der Waals surface area (Å²) in [7, 11) is 0. The van der Waals surface area contributed by atoms with E-state index >= 15 is 0 Å². The van der Waals surface area contributed by atoms with Gasteiger partial charge >= 0.3 is 0 Å². The highest BCUT2D eigenvalue weighted by Gasteiger charge is 2.25. The molecule has 150 valence electrons. The number of nitrogens with zero attached hydrogens (tertiary/aromatic N) is 2. The van der Waals surface area contributed by atoms with E-state index in [-0.39, 0.29) is 6.04 Å². The van der Waals surface area contributed by atoms with Gasteiger partial charge in [0.1, 0.15) is 10.7 Å². The van der Waals surface area contributed by atoms with Crippen LogP contribution in [0.2, 0.25) is 20.1 Å². The van der Waals surface area contributed by atoms with Crippen LogP contribution in [0.3, 0.4) is 0 Å². The van der Waals surface area contributed by atoms with Gasteiger partial charge in [-0.15, -0.1) is 0 Å². The van der Waals surface area contributed by atoms with Crippen LogP contribution in [-0.4, -0.2) is 22.6 Å². The van der Waals surface area contributed by atoms with Crippen LogP contribution in [0.5, 0.6) is 0 Å². The Morgan fingerprint density at radius 1 is 1.03 bits per heavy atom. The topological polar surface area (TPSA) is 50.4 Å². The van der Waals surface area contributed by atoms with Crippen molar-refractivity contribution in [2.24, 2.45) is 4.99 Å². The van der Waals surface area contributed by atoms with Crippen LogP contribution in [0.25, 0.3) is 11.3 Å². The number of thioether (sulfide) groups is 1. The fourth-order valence-electron chi connectivity index (χ4n) is 3.01. The Balaban J connectivity index is 1.65. The third kappa shape index (κ3) is 4.70. The average molecular weight is 487 g/mol. The summed E-state index contributed by atoms with van der Waals surface area (Å²) in [5.74, 6) is 1.50. The van der Waals surface area contributed by atoms with Crippen LogP contribution < -0.4 is 5.32 Å². The predicted molar refractivity (Wildman–Crippen MR) is 123 cm³/mol. The molecular formula is C20H15Cl4N3OS. The molecule has 0 spiro atoms. The molecule has 2 heterocycles. The third-order valence-electron chi connectivity index (χ3n) is 4.45. The van der Waals surface area contributed by atoms with Crippen LogP contribution in [0, 0.1) is 0 Å². The van der Waals surface area contributed by atoms with E-state index in [0.717, 1.165) is 28.6 Å². The van der Waals surface area contributed by atoms with E-state index in [1.807, 2.05) is 24.3 Å². The van der Waals surface area contributed by atoms with Crippen molar-refractivity contribution in [3.63, 3.8) is 0 Å². The number of benzene rings is 2. The molecule has 1 aliphatic rings. The minimum atomic E-state index is -0.228. The maximum atomic E-state index is 6.61. The molecule has 1 aliphatic heterocycles. The number of halogens is 4. The van der Waals surface area contributed by atoms with Gasteiger partial charge in [-0.05, 0) is 23.8 Å². The molecule has 1 atom stereocenters. The van der Waals surface area contributed by atoms with Gasteiger partial charge in [-0.1, -0.05) is 87.6 Å². The van der Waals surface area contributed by atoms with Crippen molar-refractivity contribution in [2.45, 2.75) is 12.5 Å². The van der Waals surface area contributed by atoms with Gasteiger partial charge in [0.25, 0.3) is 0 Å². The first kappa shape index (κ1) is 20.9. The minimum Gasteiger partial charge on any atom is -0.359 e. The molecule has 29 heavy (non-hydrogen) atoms. The number of amidine groups is 1. The van der Waals surface area contributed by atoms with Gasteiger partial charge in [0.05, 0.1) is 22.6 Å². The molecular weight excluding hydrogens is 472 g/mol. The smallest absolute Gasteiger partial charge is 0.158 e. The van der Waals surface area contributed by atoms with Gasteiger partial charge in [0, 0.05) is 22.8 Å². The zero-order chi connectivity index (χ0) is 20.4. The summed E-state index contributed by atoms with van der Waals surface area (Å²) in [6.07, 6.45) is 0.430. The van der Waals surface area contributed by atoms with Gasteiger partial charge < -0.3 is 9.84 Å². The summed E-state index contributed by atoms with van der Waals surface area (Å²) >= 11 is 27.0. The summed E-state index contributed by atoms with van der Waals surface area (Å²) in [6, 6.07) is 12.6. The Hall–Kier alpha value is -1.37. The normalized spacial score (nSPS) is 14.7. The molecule has 9 heteroatoms. The Bertz CT molecular complexity index is 1050. The molecule has 0 saturated carbocycles. The molecule has 3 aromatic rings. The van der Waals surface area contributed by atoms with E-state index in [9.17, 15) is 0 Å². The molecule has 4 rings (SSSR count). The van der Waals surface area contributed by atoms with Crippen molar-refractivity contribution < 1.29 is 4.52 Å². The highest BCUT2D eigenvalue weighted by molar-refractivity contribution is 8.14. The lowest BCUT2D eigenvalue weighted by atomic mass is 10.0. The molecule has 0 aliphatic carbocycles. The maximum Gasteiger partial charge on any atom is 0.158 e. The summed E-state index contributed by atoms with van der Waals surface area (Å²) in [4.78, 5) is 4.48. The average Bonchev–Trinajstić information content (AvgIpc) is 3.35. The van der Waals surface area contributed by atoms with Crippen LogP contribution in [0.1, 0.15) is 17.4 Å². The molecule has 0 fully saturated rings. The molecule has 1 N–H and O–H groups in total. The Kier molecular flexibility index (Phi) is 6.62. The minimum absolute atomic E-state index is 0.228. The van der Waals surface area contributed by atoms with Crippen molar-refractivity contribution in [3.8, 4) is 11.3 Å². The number of aromatic nitrogens is 1. The van der Waals surface area contributed by atoms with E-state index in [1.54, 1.807) is 30.0 Å². The van der Waals surface area contributed by atoms with Crippen molar-refractivity contribution in [3.05, 3.63) is 73.9 Å². The van der Waals surface area contributed by atoms with E-state index in [2.05, 4.69) is 15.5 Å². The van der Waals surface area contributed by atoms with Crippen molar-refractivity contribution in [1.29, 1.82) is 0 Å². The Morgan fingerprint density at radius 2 is 1.83 bits per heavy atom. The fraction of sp³-hybridized carbons (Fsp3) is 0.200. The summed E-state index contributed by atoms with van der Waals surface area (Å²) in [5.41, 5.74) is 2.24. The van der Waals surface area contributed by atoms with Crippen molar-refractivity contribution in [1.82, 2.24) is 10.5 Å². The van der Waals surface area contributed by atoms with Gasteiger partial charge in [-0.3, -0.25) is 4.99 Å². The second-order valence-corrected chi connectivity index (χ2v) is 9.04. The van der Waals surface area contributed by atoms with E-state index in [4.69, 9.17) is 50.9 Å². The van der Waals surface area contributed by atoms with Gasteiger partial charge in [-0.2, -0.15) is 0 Å². The summed E-state index contributed by atoms with van der Waals surface area (Å²) < 4.78 is 5.59. The van der Waals surface area contributed by atoms with E-state index in [0.29, 0.717) is 38.0 Å². The number of rotatable bonds is 5. The molecule has 2 aromatic carbocycles. The zero-order valence-corrected chi connectivity index (χ0v) is 18.8. The van der Waals surface area contributed by atoms with Crippen molar-refractivity contribution in [2.75, 3.05) is 12.3 Å². The molecule has 0 saturated heterocycles. The van der Waals surface area contributed by atoms with Crippen LogP contribution >= 0.6 is 58.2 Å². The van der Waals surface area contributed by atoms with Crippen molar-refractivity contribution >= 4 is 63.3 Å². The summed E-state index contributed by atoms with van der Waals surface area (Å²) in [6.45, 7) is 0.785. The predicted octanol–water partition coefficient (Wildman–Crippen LogP) is 6.93. The summed E-state index contributed by atoms with van der Waals surface area (Å²) in [5, 5.41) is 10.5. The molecule has 0 radical (unpaired) electrons. The molecule has 1 aromatic heterocycles. The fourth-order valence-corrected chi connectivity index (χ4v) is 4.62. The quantitative estimate of drug-likeness (QED) is 0.424. The third-order valence-corrected chi connectivity index (χ3v) is 6.83. The highest BCUT2D eigenvalue weighted by Crippen LogP contribution is 2.36. The Morgan fingerprint density at radius 3 is 2.55 bits per heavy atom. The first-order chi connectivity index (χ1) is 14.0. The molecule has 0 amide bonds. The van der Waals surface area contributed by atoms with E-state index < -0.39 is 0 Å². The highest BCUT2D eigenvalue weighted by atomic mass is 35.5. The molecule has 1 unspecified atom stereocenters. The number of nitrogens with one attached hydrogen (secondary N) is 1. The lowest BCUT2D eigenvalue weighted by Gasteiger charge is -2.20. The maximum absolute atomic E-state index is 6.61. The van der Waals surface area contributed by atoms with Gasteiger partial charge in [0.2, 0.25) is 0 Å². The monoisotopic (exact) mass is 485 g/mol.